The second-order valence-corrected chi connectivity index (χ2v) is 7.47. The maximum Gasteiger partial charge on any atom is 0.295 e. The summed E-state index contributed by atoms with van der Waals surface area (Å²) < 4.78 is 5.45. The Kier molecular flexibility index (Phi) is 6.31. The lowest BCUT2D eigenvalue weighted by atomic mass is 9.96. The van der Waals surface area contributed by atoms with E-state index in [1.807, 2.05) is 37.3 Å². The van der Waals surface area contributed by atoms with Crippen molar-refractivity contribution in [2.45, 2.75) is 19.4 Å². The molecule has 4 rings (SSSR count). The highest BCUT2D eigenvalue weighted by molar-refractivity contribution is 6.46. The summed E-state index contributed by atoms with van der Waals surface area (Å²) in [6.45, 7) is 2.76. The van der Waals surface area contributed by atoms with E-state index >= 15 is 0 Å². The first-order valence-corrected chi connectivity index (χ1v) is 10.6. The highest BCUT2D eigenvalue weighted by atomic mass is 16.5. The second-order valence-electron chi connectivity index (χ2n) is 7.47. The lowest BCUT2D eigenvalue weighted by Gasteiger charge is -2.25. The first-order chi connectivity index (χ1) is 15.6. The maximum absolute atomic E-state index is 13.0. The van der Waals surface area contributed by atoms with Crippen LogP contribution >= 0.6 is 0 Å². The molecule has 1 aliphatic heterocycles. The van der Waals surface area contributed by atoms with Gasteiger partial charge in [-0.15, -0.1) is 0 Å². The zero-order valence-electron chi connectivity index (χ0n) is 17.8. The number of likely N-dealkylation sites (tertiary alicyclic amines) is 1. The molecule has 2 heterocycles. The molecule has 0 saturated carbocycles. The normalized spacial score (nSPS) is 17.5. The van der Waals surface area contributed by atoms with Gasteiger partial charge in [0.25, 0.3) is 11.7 Å². The number of carbonyl (C=O) groups is 2. The van der Waals surface area contributed by atoms with Gasteiger partial charge in [0.1, 0.15) is 11.5 Å². The van der Waals surface area contributed by atoms with Crippen LogP contribution in [0.4, 0.5) is 0 Å². The lowest BCUT2D eigenvalue weighted by molar-refractivity contribution is -0.139. The number of aromatic nitrogens is 1. The molecule has 1 saturated heterocycles. The quantitative estimate of drug-likeness (QED) is 0.348. The number of Topliss-reactive ketones (excluding diaryl/α,β-unsaturated/α-hetero) is 1. The highest BCUT2D eigenvalue weighted by Gasteiger charge is 2.45. The van der Waals surface area contributed by atoms with Gasteiger partial charge in [0.15, 0.2) is 0 Å². The summed E-state index contributed by atoms with van der Waals surface area (Å²) in [6, 6.07) is 19.4. The Labute approximate surface area is 186 Å². The Bertz CT molecular complexity index is 1130. The van der Waals surface area contributed by atoms with Crippen LogP contribution in [-0.2, 0) is 16.0 Å². The van der Waals surface area contributed by atoms with Gasteiger partial charge in [0.05, 0.1) is 18.2 Å². The van der Waals surface area contributed by atoms with Gasteiger partial charge in [-0.3, -0.25) is 14.6 Å². The van der Waals surface area contributed by atoms with Gasteiger partial charge in [-0.2, -0.15) is 0 Å². The average Bonchev–Trinajstić information content (AvgIpc) is 3.09. The van der Waals surface area contributed by atoms with Crippen LogP contribution in [0.1, 0.15) is 29.7 Å². The maximum atomic E-state index is 13.0. The van der Waals surface area contributed by atoms with Gasteiger partial charge in [-0.05, 0) is 60.9 Å². The summed E-state index contributed by atoms with van der Waals surface area (Å²) in [5.74, 6) is -0.838. The molecule has 32 heavy (non-hydrogen) atoms. The van der Waals surface area contributed by atoms with E-state index in [-0.39, 0.29) is 11.3 Å². The molecule has 1 amide bonds. The van der Waals surface area contributed by atoms with E-state index in [1.54, 1.807) is 48.8 Å². The Morgan fingerprint density at radius 2 is 1.69 bits per heavy atom. The van der Waals surface area contributed by atoms with Crippen molar-refractivity contribution in [3.8, 4) is 5.75 Å². The number of pyridine rings is 1. The minimum absolute atomic E-state index is 0.0819. The molecule has 0 bridgehead atoms. The summed E-state index contributed by atoms with van der Waals surface area (Å²) in [4.78, 5) is 31.6. The molecule has 6 nitrogen and oxygen atoms in total. The fourth-order valence-electron chi connectivity index (χ4n) is 3.93. The standard InChI is InChI=1S/C26H24N2O4/c1-2-32-21-10-8-20(9-11-21)24(29)22-23(19-12-15-27-16-13-19)28(26(31)25(22)30)17-14-18-6-4-3-5-7-18/h3-13,15-16,23,29H,2,14,17H2,1H3/t23-/m1/s1. The molecule has 0 radical (unpaired) electrons. The topological polar surface area (TPSA) is 79.7 Å². The second kappa shape index (κ2) is 9.47. The molecule has 0 unspecified atom stereocenters. The number of benzene rings is 2. The van der Waals surface area contributed by atoms with E-state index in [4.69, 9.17) is 4.74 Å². The molecule has 0 spiro atoms. The Morgan fingerprint density at radius 3 is 2.34 bits per heavy atom. The summed E-state index contributed by atoms with van der Waals surface area (Å²) >= 11 is 0. The Morgan fingerprint density at radius 1 is 1.00 bits per heavy atom. The molecule has 1 aromatic heterocycles. The van der Waals surface area contributed by atoms with Crippen LogP contribution in [0.2, 0.25) is 0 Å². The monoisotopic (exact) mass is 428 g/mol. The number of aliphatic hydroxyl groups excluding tert-OH is 1. The molecule has 3 aromatic rings. The SMILES string of the molecule is CCOc1ccc(C(O)=C2C(=O)C(=O)N(CCc3ccccc3)[C@@H]2c2ccncc2)cc1. The van der Waals surface area contributed by atoms with E-state index in [0.29, 0.717) is 30.9 Å². The molecule has 1 aliphatic rings. The van der Waals surface area contributed by atoms with E-state index in [2.05, 4.69) is 4.98 Å². The predicted molar refractivity (Wildman–Crippen MR) is 121 cm³/mol. The molecule has 1 fully saturated rings. The summed E-state index contributed by atoms with van der Waals surface area (Å²) in [7, 11) is 0. The van der Waals surface area contributed by atoms with E-state index in [9.17, 15) is 14.7 Å². The highest BCUT2D eigenvalue weighted by Crippen LogP contribution is 2.39. The summed E-state index contributed by atoms with van der Waals surface area (Å²) in [5.41, 5.74) is 2.32. The largest absolute Gasteiger partial charge is 0.507 e. The van der Waals surface area contributed by atoms with Crippen molar-refractivity contribution in [1.29, 1.82) is 0 Å². The van der Waals surface area contributed by atoms with Crippen LogP contribution in [0.5, 0.6) is 5.75 Å². The molecule has 2 aromatic carbocycles. The van der Waals surface area contributed by atoms with Crippen molar-refractivity contribution >= 4 is 17.4 Å². The van der Waals surface area contributed by atoms with Crippen molar-refractivity contribution < 1.29 is 19.4 Å². The third-order valence-corrected chi connectivity index (χ3v) is 5.48. The van der Waals surface area contributed by atoms with Gasteiger partial charge < -0.3 is 14.7 Å². The molecule has 1 N–H and O–H groups in total. The zero-order valence-corrected chi connectivity index (χ0v) is 17.8. The molecule has 0 aliphatic carbocycles. The van der Waals surface area contributed by atoms with Crippen LogP contribution in [0, 0.1) is 0 Å². The van der Waals surface area contributed by atoms with Crippen LogP contribution in [0.15, 0.2) is 84.7 Å². The average molecular weight is 428 g/mol. The van der Waals surface area contributed by atoms with Crippen molar-refractivity contribution in [2.75, 3.05) is 13.2 Å². The number of hydrogen-bond donors (Lipinski definition) is 1. The summed E-state index contributed by atoms with van der Waals surface area (Å²) in [5, 5.41) is 11.1. The van der Waals surface area contributed by atoms with Gasteiger partial charge in [-0.25, -0.2) is 0 Å². The predicted octanol–water partition coefficient (Wildman–Crippen LogP) is 4.14. The van der Waals surface area contributed by atoms with E-state index in [0.717, 1.165) is 11.1 Å². The number of ketones is 1. The van der Waals surface area contributed by atoms with Crippen molar-refractivity contribution in [3.63, 3.8) is 0 Å². The van der Waals surface area contributed by atoms with Gasteiger partial charge in [0, 0.05) is 24.5 Å². The fourth-order valence-corrected chi connectivity index (χ4v) is 3.93. The number of carbonyl (C=O) groups excluding carboxylic acids is 2. The number of aliphatic hydroxyl groups is 1. The summed E-state index contributed by atoms with van der Waals surface area (Å²) in [6.07, 6.45) is 3.82. The first-order valence-electron chi connectivity index (χ1n) is 10.6. The number of ether oxygens (including phenoxy) is 1. The Hall–Kier alpha value is -3.93. The van der Waals surface area contributed by atoms with Crippen LogP contribution in [-0.4, -0.2) is 39.8 Å². The number of amides is 1. The minimum Gasteiger partial charge on any atom is -0.507 e. The number of rotatable bonds is 7. The van der Waals surface area contributed by atoms with Gasteiger partial charge >= 0.3 is 0 Å². The van der Waals surface area contributed by atoms with Crippen molar-refractivity contribution in [3.05, 3.63) is 101 Å². The fraction of sp³-hybridized carbons (Fsp3) is 0.192. The number of nitrogens with zero attached hydrogens (tertiary/aromatic N) is 2. The third-order valence-electron chi connectivity index (χ3n) is 5.48. The van der Waals surface area contributed by atoms with Crippen LogP contribution < -0.4 is 4.74 Å². The molecular formula is C26H24N2O4. The molecule has 162 valence electrons. The Balaban J connectivity index is 1.73. The molecule has 1 atom stereocenters. The lowest BCUT2D eigenvalue weighted by Crippen LogP contribution is -2.31. The van der Waals surface area contributed by atoms with E-state index < -0.39 is 17.7 Å². The van der Waals surface area contributed by atoms with Gasteiger partial charge in [-0.1, -0.05) is 30.3 Å². The first kappa shape index (κ1) is 21.3. The zero-order chi connectivity index (χ0) is 22.5. The molecule has 6 heteroatoms. The van der Waals surface area contributed by atoms with E-state index in [1.165, 1.54) is 4.90 Å². The van der Waals surface area contributed by atoms with Gasteiger partial charge in [0.2, 0.25) is 0 Å². The van der Waals surface area contributed by atoms with Crippen molar-refractivity contribution in [1.82, 2.24) is 9.88 Å². The number of hydrogen-bond acceptors (Lipinski definition) is 5. The smallest absolute Gasteiger partial charge is 0.295 e. The van der Waals surface area contributed by atoms with Crippen LogP contribution in [0.25, 0.3) is 5.76 Å². The van der Waals surface area contributed by atoms with Crippen LogP contribution in [0.3, 0.4) is 0 Å². The van der Waals surface area contributed by atoms with Crippen molar-refractivity contribution in [2.24, 2.45) is 0 Å². The third kappa shape index (κ3) is 4.25. The molecular weight excluding hydrogens is 404 g/mol. The minimum atomic E-state index is -0.689.